The van der Waals surface area contributed by atoms with Crippen molar-refractivity contribution in [3.8, 4) is 17.2 Å². The predicted molar refractivity (Wildman–Crippen MR) is 110 cm³/mol. The molecule has 1 aliphatic heterocycles. The highest BCUT2D eigenvalue weighted by atomic mass is 32.2. The molecule has 10 heteroatoms. The van der Waals surface area contributed by atoms with Gasteiger partial charge in [0.25, 0.3) is 10.0 Å². The number of anilines is 1. The van der Waals surface area contributed by atoms with Crippen LogP contribution in [0.3, 0.4) is 0 Å². The van der Waals surface area contributed by atoms with E-state index in [2.05, 4.69) is 5.32 Å². The van der Waals surface area contributed by atoms with Crippen LogP contribution in [-0.4, -0.2) is 61.5 Å². The number of hydrogen-bond acceptors (Lipinski definition) is 7. The van der Waals surface area contributed by atoms with Crippen LogP contribution in [0.5, 0.6) is 17.2 Å². The highest BCUT2D eigenvalue weighted by molar-refractivity contribution is 7.92. The van der Waals surface area contributed by atoms with Crippen molar-refractivity contribution in [1.29, 1.82) is 0 Å². The molecule has 0 saturated heterocycles. The van der Waals surface area contributed by atoms with Crippen molar-refractivity contribution < 1.29 is 32.2 Å². The van der Waals surface area contributed by atoms with E-state index in [-0.39, 0.29) is 17.1 Å². The molecule has 2 aromatic carbocycles. The lowest BCUT2D eigenvalue weighted by molar-refractivity contribution is -0.119. The monoisotopic (exact) mass is 436 g/mol. The van der Waals surface area contributed by atoms with Crippen molar-refractivity contribution >= 4 is 21.6 Å². The second-order valence-corrected chi connectivity index (χ2v) is 8.19. The molecule has 0 aliphatic carbocycles. The molecular formula is C20H24N2O7S. The molecule has 0 spiro atoms. The summed E-state index contributed by atoms with van der Waals surface area (Å²) in [4.78, 5) is 12.4. The molecule has 0 radical (unpaired) electrons. The van der Waals surface area contributed by atoms with E-state index in [1.165, 1.54) is 26.4 Å². The third-order valence-electron chi connectivity index (χ3n) is 4.37. The number of nitrogens with zero attached hydrogens (tertiary/aromatic N) is 1. The first-order valence-electron chi connectivity index (χ1n) is 9.28. The molecule has 0 atom stereocenters. The number of amides is 1. The second kappa shape index (κ2) is 9.68. The molecule has 3 rings (SSSR count). The topological polar surface area (TPSA) is 103 Å². The third kappa shape index (κ3) is 4.77. The SMILES string of the molecule is COCCNC(=O)CN(c1ccccc1OC)S(=O)(=O)c1ccc2c(c1)OCCO2. The van der Waals surface area contributed by atoms with Gasteiger partial charge in [-0.2, -0.15) is 0 Å². The Morgan fingerprint density at radius 2 is 1.83 bits per heavy atom. The second-order valence-electron chi connectivity index (χ2n) is 6.33. The largest absolute Gasteiger partial charge is 0.495 e. The lowest BCUT2D eigenvalue weighted by Gasteiger charge is -2.26. The van der Waals surface area contributed by atoms with Crippen LogP contribution < -0.4 is 23.8 Å². The summed E-state index contributed by atoms with van der Waals surface area (Å²) < 4.78 is 49.3. The summed E-state index contributed by atoms with van der Waals surface area (Å²) in [5.41, 5.74) is 0.247. The zero-order valence-electron chi connectivity index (χ0n) is 16.8. The van der Waals surface area contributed by atoms with Gasteiger partial charge in [0.15, 0.2) is 11.5 Å². The maximum Gasteiger partial charge on any atom is 0.265 e. The molecule has 0 fully saturated rings. The van der Waals surface area contributed by atoms with E-state index in [1.54, 1.807) is 30.3 Å². The van der Waals surface area contributed by atoms with E-state index >= 15 is 0 Å². The number of carbonyl (C=O) groups excluding carboxylic acids is 1. The number of methoxy groups -OCH3 is 2. The number of nitrogens with one attached hydrogen (secondary N) is 1. The molecule has 0 bridgehead atoms. The van der Waals surface area contributed by atoms with E-state index < -0.39 is 22.5 Å². The van der Waals surface area contributed by atoms with Gasteiger partial charge in [-0.1, -0.05) is 12.1 Å². The molecule has 9 nitrogen and oxygen atoms in total. The van der Waals surface area contributed by atoms with E-state index in [9.17, 15) is 13.2 Å². The van der Waals surface area contributed by atoms with Gasteiger partial charge < -0.3 is 24.3 Å². The van der Waals surface area contributed by atoms with Gasteiger partial charge in [-0.05, 0) is 24.3 Å². The molecule has 162 valence electrons. The Morgan fingerprint density at radius 1 is 1.10 bits per heavy atom. The van der Waals surface area contributed by atoms with Gasteiger partial charge in [-0.25, -0.2) is 8.42 Å². The quantitative estimate of drug-likeness (QED) is 0.593. The maximum atomic E-state index is 13.5. The molecule has 1 heterocycles. The number of sulfonamides is 1. The molecular weight excluding hydrogens is 412 g/mol. The van der Waals surface area contributed by atoms with Crippen LogP contribution in [0.25, 0.3) is 0 Å². The van der Waals surface area contributed by atoms with Crippen LogP contribution in [0.1, 0.15) is 0 Å². The van der Waals surface area contributed by atoms with Gasteiger partial charge in [0.1, 0.15) is 25.5 Å². The van der Waals surface area contributed by atoms with Gasteiger partial charge in [0, 0.05) is 19.7 Å². The summed E-state index contributed by atoms with van der Waals surface area (Å²) >= 11 is 0. The predicted octanol–water partition coefficient (Wildman–Crippen LogP) is 1.42. The van der Waals surface area contributed by atoms with Gasteiger partial charge >= 0.3 is 0 Å². The summed E-state index contributed by atoms with van der Waals surface area (Å²) in [5, 5.41) is 2.64. The summed E-state index contributed by atoms with van der Waals surface area (Å²) in [6.07, 6.45) is 0. The zero-order valence-corrected chi connectivity index (χ0v) is 17.6. The zero-order chi connectivity index (χ0) is 21.6. The van der Waals surface area contributed by atoms with Gasteiger partial charge in [0.2, 0.25) is 5.91 Å². The van der Waals surface area contributed by atoms with E-state index in [1.807, 2.05) is 0 Å². The number of rotatable bonds is 9. The molecule has 1 N–H and O–H groups in total. The lowest BCUT2D eigenvalue weighted by atomic mass is 10.3. The number of fused-ring (bicyclic) bond motifs is 1. The minimum atomic E-state index is -4.12. The Balaban J connectivity index is 1.98. The summed E-state index contributed by atoms with van der Waals surface area (Å²) in [6.45, 7) is 0.873. The first-order valence-corrected chi connectivity index (χ1v) is 10.7. The summed E-state index contributed by atoms with van der Waals surface area (Å²) in [7, 11) is -1.17. The Bertz CT molecular complexity index is 994. The number of para-hydroxylation sites is 2. The van der Waals surface area contributed by atoms with Crippen molar-refractivity contribution in [1.82, 2.24) is 5.32 Å². The normalized spacial score (nSPS) is 12.9. The van der Waals surface area contributed by atoms with Crippen molar-refractivity contribution in [2.75, 3.05) is 51.4 Å². The van der Waals surface area contributed by atoms with Crippen molar-refractivity contribution in [3.63, 3.8) is 0 Å². The van der Waals surface area contributed by atoms with E-state index in [0.29, 0.717) is 37.1 Å². The average molecular weight is 436 g/mol. The molecule has 30 heavy (non-hydrogen) atoms. The van der Waals surface area contributed by atoms with Crippen molar-refractivity contribution in [3.05, 3.63) is 42.5 Å². The fraction of sp³-hybridized carbons (Fsp3) is 0.350. The minimum Gasteiger partial charge on any atom is -0.495 e. The first kappa shape index (κ1) is 21.7. The Kier molecular flexibility index (Phi) is 7.01. The average Bonchev–Trinajstić information content (AvgIpc) is 2.77. The Morgan fingerprint density at radius 3 is 2.57 bits per heavy atom. The first-order chi connectivity index (χ1) is 14.5. The minimum absolute atomic E-state index is 0.0256. The molecule has 1 aliphatic rings. The fourth-order valence-electron chi connectivity index (χ4n) is 2.93. The Hall–Kier alpha value is -2.98. The molecule has 2 aromatic rings. The number of ether oxygens (including phenoxy) is 4. The summed E-state index contributed by atoms with van der Waals surface area (Å²) in [5.74, 6) is 0.663. The van der Waals surface area contributed by atoms with Crippen LogP contribution in [-0.2, 0) is 19.6 Å². The van der Waals surface area contributed by atoms with Crippen LogP contribution in [0.2, 0.25) is 0 Å². The summed E-state index contributed by atoms with van der Waals surface area (Å²) in [6, 6.07) is 11.0. The van der Waals surface area contributed by atoms with Crippen molar-refractivity contribution in [2.45, 2.75) is 4.90 Å². The fourth-order valence-corrected chi connectivity index (χ4v) is 4.37. The van der Waals surface area contributed by atoms with Gasteiger partial charge in [-0.15, -0.1) is 0 Å². The maximum absolute atomic E-state index is 13.5. The van der Waals surface area contributed by atoms with Crippen molar-refractivity contribution in [2.24, 2.45) is 0 Å². The van der Waals surface area contributed by atoms with Gasteiger partial charge in [0.05, 0.1) is 24.3 Å². The molecule has 0 saturated carbocycles. The smallest absolute Gasteiger partial charge is 0.265 e. The van der Waals surface area contributed by atoms with Crippen LogP contribution in [0.15, 0.2) is 47.4 Å². The van der Waals surface area contributed by atoms with Gasteiger partial charge in [-0.3, -0.25) is 9.10 Å². The highest BCUT2D eigenvalue weighted by Crippen LogP contribution is 2.36. The molecule has 1 amide bonds. The van der Waals surface area contributed by atoms with Crippen LogP contribution >= 0.6 is 0 Å². The molecule has 0 aromatic heterocycles. The highest BCUT2D eigenvalue weighted by Gasteiger charge is 2.30. The van der Waals surface area contributed by atoms with Crippen LogP contribution in [0, 0.1) is 0 Å². The number of benzene rings is 2. The van der Waals surface area contributed by atoms with Crippen LogP contribution in [0.4, 0.5) is 5.69 Å². The van der Waals surface area contributed by atoms with E-state index in [4.69, 9.17) is 18.9 Å². The third-order valence-corrected chi connectivity index (χ3v) is 6.13. The molecule has 0 unspecified atom stereocenters. The number of hydrogen-bond donors (Lipinski definition) is 1. The lowest BCUT2D eigenvalue weighted by Crippen LogP contribution is -2.41. The Labute approximate surface area is 175 Å². The number of carbonyl (C=O) groups is 1. The van der Waals surface area contributed by atoms with E-state index in [0.717, 1.165) is 4.31 Å². The standard InChI is InChI=1S/C20H24N2O7S/c1-26-10-9-21-20(23)14-22(16-5-3-4-6-17(16)27-2)30(24,25)15-7-8-18-19(13-15)29-12-11-28-18/h3-8,13H,9-12,14H2,1-2H3,(H,21,23).